The van der Waals surface area contributed by atoms with Crippen molar-refractivity contribution in [2.24, 2.45) is 11.7 Å². The summed E-state index contributed by atoms with van der Waals surface area (Å²) in [5, 5.41) is 4.14. The predicted molar refractivity (Wildman–Crippen MR) is 75.8 cm³/mol. The minimum absolute atomic E-state index is 0.430. The lowest BCUT2D eigenvalue weighted by Crippen LogP contribution is -2.12. The van der Waals surface area contributed by atoms with Crippen LogP contribution < -0.4 is 5.73 Å². The predicted octanol–water partition coefficient (Wildman–Crippen LogP) is 2.88. The maximum atomic E-state index is 5.56. The summed E-state index contributed by atoms with van der Waals surface area (Å²) in [5.74, 6) is 2.51. The monoisotopic (exact) mass is 272 g/mol. The molecule has 2 aromatic rings. The first-order valence-corrected chi connectivity index (χ1v) is 7.25. The largest absolute Gasteiger partial charge is 0.332 e. The van der Waals surface area contributed by atoms with Gasteiger partial charge in [0.2, 0.25) is 0 Å². The fourth-order valence-corrected chi connectivity index (χ4v) is 2.85. The minimum atomic E-state index is 0.430. The smallest absolute Gasteiger partial charge is 0.276 e. The maximum Gasteiger partial charge on any atom is 0.276 e. The molecule has 1 aliphatic carbocycles. The van der Waals surface area contributed by atoms with Crippen LogP contribution in [0.5, 0.6) is 0 Å². The van der Waals surface area contributed by atoms with E-state index in [-0.39, 0.29) is 0 Å². The molecule has 0 amide bonds. The van der Waals surface area contributed by atoms with Crippen LogP contribution in [0.4, 0.5) is 0 Å². The van der Waals surface area contributed by atoms with E-state index in [1.54, 1.807) is 6.20 Å². The van der Waals surface area contributed by atoms with Gasteiger partial charge in [0.15, 0.2) is 5.82 Å². The van der Waals surface area contributed by atoms with Gasteiger partial charge in [-0.3, -0.25) is 4.98 Å². The highest BCUT2D eigenvalue weighted by Crippen LogP contribution is 2.35. The molecule has 0 radical (unpaired) electrons. The molecular formula is C15H20N4O. The van der Waals surface area contributed by atoms with E-state index >= 15 is 0 Å². The summed E-state index contributed by atoms with van der Waals surface area (Å²) in [6, 6.07) is 3.82. The van der Waals surface area contributed by atoms with E-state index in [1.165, 1.54) is 12.8 Å². The van der Waals surface area contributed by atoms with Crippen molar-refractivity contribution in [2.75, 3.05) is 0 Å². The van der Waals surface area contributed by atoms with Crippen LogP contribution in [0.15, 0.2) is 22.9 Å². The molecule has 5 heteroatoms. The third kappa shape index (κ3) is 2.72. The van der Waals surface area contributed by atoms with Crippen LogP contribution in [0.3, 0.4) is 0 Å². The van der Waals surface area contributed by atoms with Crippen molar-refractivity contribution in [1.82, 2.24) is 15.1 Å². The van der Waals surface area contributed by atoms with Gasteiger partial charge in [0.1, 0.15) is 5.69 Å². The fraction of sp³-hybridized carbons (Fsp3) is 0.533. The van der Waals surface area contributed by atoms with Crippen molar-refractivity contribution in [3.05, 3.63) is 29.7 Å². The zero-order valence-electron chi connectivity index (χ0n) is 11.7. The van der Waals surface area contributed by atoms with Crippen molar-refractivity contribution in [3.8, 4) is 11.6 Å². The number of rotatable bonds is 3. The van der Waals surface area contributed by atoms with Gasteiger partial charge < -0.3 is 10.3 Å². The maximum absolute atomic E-state index is 5.56. The van der Waals surface area contributed by atoms with Gasteiger partial charge in [0.25, 0.3) is 5.89 Å². The number of nitrogens with two attached hydrogens (primary N) is 1. The molecule has 0 bridgehead atoms. The number of pyridine rings is 1. The highest BCUT2D eigenvalue weighted by Gasteiger charge is 2.25. The van der Waals surface area contributed by atoms with Gasteiger partial charge in [-0.1, -0.05) is 31.0 Å². The Hall–Kier alpha value is -1.75. The molecule has 3 rings (SSSR count). The summed E-state index contributed by atoms with van der Waals surface area (Å²) in [6.07, 6.45) is 6.62. The lowest BCUT2D eigenvalue weighted by atomic mass is 9.82. The Labute approximate surface area is 118 Å². The van der Waals surface area contributed by atoms with Crippen LogP contribution in [-0.2, 0) is 6.54 Å². The molecule has 2 N–H and O–H groups in total. The Morgan fingerprint density at radius 1 is 1.35 bits per heavy atom. The molecule has 0 aliphatic heterocycles. The van der Waals surface area contributed by atoms with E-state index in [4.69, 9.17) is 10.3 Å². The normalized spacial score (nSPS) is 22.9. The quantitative estimate of drug-likeness (QED) is 0.929. The van der Waals surface area contributed by atoms with Crippen LogP contribution in [0.2, 0.25) is 0 Å². The number of hydrogen-bond acceptors (Lipinski definition) is 5. The molecular weight excluding hydrogens is 252 g/mol. The second-order valence-electron chi connectivity index (χ2n) is 5.68. The Kier molecular flexibility index (Phi) is 3.78. The van der Waals surface area contributed by atoms with Crippen LogP contribution in [-0.4, -0.2) is 15.1 Å². The van der Waals surface area contributed by atoms with E-state index in [9.17, 15) is 0 Å². The van der Waals surface area contributed by atoms with Gasteiger partial charge >= 0.3 is 0 Å². The average molecular weight is 272 g/mol. The Morgan fingerprint density at radius 2 is 2.25 bits per heavy atom. The lowest BCUT2D eigenvalue weighted by Gasteiger charge is -2.23. The van der Waals surface area contributed by atoms with E-state index < -0.39 is 0 Å². The second kappa shape index (κ2) is 5.71. The van der Waals surface area contributed by atoms with Gasteiger partial charge in [0, 0.05) is 18.7 Å². The number of nitrogens with zero attached hydrogens (tertiary/aromatic N) is 3. The third-order valence-corrected chi connectivity index (χ3v) is 4.02. The van der Waals surface area contributed by atoms with Crippen LogP contribution in [0, 0.1) is 5.92 Å². The summed E-state index contributed by atoms with van der Waals surface area (Å²) >= 11 is 0. The molecule has 2 aromatic heterocycles. The van der Waals surface area contributed by atoms with Crippen molar-refractivity contribution in [3.63, 3.8) is 0 Å². The van der Waals surface area contributed by atoms with E-state index in [2.05, 4.69) is 22.0 Å². The molecule has 0 spiro atoms. The molecule has 1 saturated carbocycles. The summed E-state index contributed by atoms with van der Waals surface area (Å²) in [6.45, 7) is 2.78. The highest BCUT2D eigenvalue weighted by molar-refractivity contribution is 5.46. The zero-order chi connectivity index (χ0) is 13.9. The standard InChI is InChI=1S/C15H20N4O/c1-10-3-2-4-12(7-10)14-18-15(20-19-14)13-6-5-11(8-16)9-17-13/h5-6,9-10,12H,2-4,7-8,16H2,1H3. The lowest BCUT2D eigenvalue weighted by molar-refractivity contribution is 0.324. The van der Waals surface area contributed by atoms with E-state index in [1.807, 2.05) is 12.1 Å². The Bertz CT molecular complexity index is 564. The summed E-state index contributed by atoms with van der Waals surface area (Å²) in [7, 11) is 0. The van der Waals surface area contributed by atoms with Crippen molar-refractivity contribution >= 4 is 0 Å². The van der Waals surface area contributed by atoms with Crippen molar-refractivity contribution < 1.29 is 4.52 Å². The number of aromatic nitrogens is 3. The average Bonchev–Trinajstić information content (AvgIpc) is 2.97. The van der Waals surface area contributed by atoms with Crippen molar-refractivity contribution in [1.29, 1.82) is 0 Å². The van der Waals surface area contributed by atoms with Gasteiger partial charge in [-0.05, 0) is 30.4 Å². The van der Waals surface area contributed by atoms with E-state index in [0.29, 0.717) is 24.0 Å². The first-order chi connectivity index (χ1) is 9.76. The molecule has 20 heavy (non-hydrogen) atoms. The molecule has 0 aromatic carbocycles. The molecule has 1 fully saturated rings. The second-order valence-corrected chi connectivity index (χ2v) is 5.68. The Balaban J connectivity index is 1.78. The first-order valence-electron chi connectivity index (χ1n) is 7.25. The molecule has 2 atom stereocenters. The molecule has 2 unspecified atom stereocenters. The fourth-order valence-electron chi connectivity index (χ4n) is 2.85. The van der Waals surface area contributed by atoms with Gasteiger partial charge in [0.05, 0.1) is 0 Å². The highest BCUT2D eigenvalue weighted by atomic mass is 16.5. The number of hydrogen-bond donors (Lipinski definition) is 1. The SMILES string of the molecule is CC1CCCC(c2noc(-c3ccc(CN)cn3)n2)C1. The van der Waals surface area contributed by atoms with Crippen molar-refractivity contribution in [2.45, 2.75) is 45.1 Å². The zero-order valence-corrected chi connectivity index (χ0v) is 11.7. The topological polar surface area (TPSA) is 77.8 Å². The molecule has 2 heterocycles. The summed E-state index contributed by atoms with van der Waals surface area (Å²) < 4.78 is 5.36. The third-order valence-electron chi connectivity index (χ3n) is 4.02. The Morgan fingerprint density at radius 3 is 2.95 bits per heavy atom. The summed E-state index contributed by atoms with van der Waals surface area (Å²) in [4.78, 5) is 8.84. The van der Waals surface area contributed by atoms with E-state index in [0.717, 1.165) is 30.1 Å². The van der Waals surface area contributed by atoms with Crippen LogP contribution >= 0.6 is 0 Å². The molecule has 1 aliphatic rings. The van der Waals surface area contributed by atoms with Gasteiger partial charge in [-0.2, -0.15) is 4.98 Å². The first kappa shape index (κ1) is 13.2. The van der Waals surface area contributed by atoms with Gasteiger partial charge in [-0.25, -0.2) is 0 Å². The molecule has 106 valence electrons. The van der Waals surface area contributed by atoms with Crippen LogP contribution in [0.1, 0.15) is 49.9 Å². The summed E-state index contributed by atoms with van der Waals surface area (Å²) in [5.41, 5.74) is 7.27. The van der Waals surface area contributed by atoms with Crippen LogP contribution in [0.25, 0.3) is 11.6 Å². The minimum Gasteiger partial charge on any atom is -0.332 e. The molecule has 0 saturated heterocycles. The molecule has 5 nitrogen and oxygen atoms in total. The van der Waals surface area contributed by atoms with Gasteiger partial charge in [-0.15, -0.1) is 0 Å².